The van der Waals surface area contributed by atoms with Crippen molar-refractivity contribution in [2.75, 3.05) is 12.3 Å². The topological polar surface area (TPSA) is 32.3 Å². The maximum Gasteiger partial charge on any atom is 0.257 e. The predicted octanol–water partition coefficient (Wildman–Crippen LogP) is 11.8. The van der Waals surface area contributed by atoms with Gasteiger partial charge in [-0.2, -0.15) is 0 Å². The van der Waals surface area contributed by atoms with E-state index in [0.29, 0.717) is 12.1 Å². The summed E-state index contributed by atoms with van der Waals surface area (Å²) in [5, 5.41) is 0. The van der Waals surface area contributed by atoms with Crippen molar-refractivity contribution in [1.82, 2.24) is 9.62 Å². The fourth-order valence-corrected chi connectivity index (χ4v) is 6.05. The van der Waals surface area contributed by atoms with Gasteiger partial charge in [0.05, 0.1) is 0 Å². The first-order valence-electron chi connectivity index (χ1n) is 17.8. The second-order valence-electron chi connectivity index (χ2n) is 12.8. The number of carbonyl (C=O) groups excluding carboxylic acids is 1. The molecule has 1 aromatic carbocycles. The molecule has 248 valence electrons. The van der Waals surface area contributed by atoms with E-state index in [-0.39, 0.29) is 17.8 Å². The summed E-state index contributed by atoms with van der Waals surface area (Å²) in [5.41, 5.74) is 3.76. The molecule has 0 unspecified atom stereocenters. The third-order valence-corrected chi connectivity index (χ3v) is 10.1. The Hall–Kier alpha value is -1.85. The van der Waals surface area contributed by atoms with E-state index >= 15 is 0 Å². The highest BCUT2D eigenvalue weighted by Gasteiger charge is 2.24. The van der Waals surface area contributed by atoms with Crippen molar-refractivity contribution in [3.63, 3.8) is 0 Å². The number of amides is 1. The molecular weight excluding hydrogens is 564 g/mol. The number of nitrogens with one attached hydrogen (secondary N) is 1. The van der Waals surface area contributed by atoms with E-state index < -0.39 is 0 Å². The number of hydrogen-bond donors (Lipinski definition) is 1. The number of aryl methyl sites for hydroxylation is 1. The molecule has 1 N–H and O–H groups in total. The van der Waals surface area contributed by atoms with Gasteiger partial charge >= 0.3 is 0 Å². The van der Waals surface area contributed by atoms with E-state index in [1.807, 2.05) is 39.0 Å². The number of carbonyl (C=O) groups is 1. The molecule has 3 fully saturated rings. The minimum absolute atomic E-state index is 0.0629. The van der Waals surface area contributed by atoms with Gasteiger partial charge in [0.2, 0.25) is 0 Å². The third kappa shape index (κ3) is 15.0. The van der Waals surface area contributed by atoms with Crippen molar-refractivity contribution < 1.29 is 9.18 Å². The van der Waals surface area contributed by atoms with Crippen LogP contribution >= 0.6 is 11.9 Å². The quantitative estimate of drug-likeness (QED) is 0.165. The third-order valence-electron chi connectivity index (χ3n) is 9.13. The molecule has 0 bridgehead atoms. The average Bonchev–Trinajstić information content (AvgIpc) is 3.80. The van der Waals surface area contributed by atoms with Crippen LogP contribution in [0.25, 0.3) is 0 Å². The summed E-state index contributed by atoms with van der Waals surface area (Å²) in [5.74, 6) is 3.23. The van der Waals surface area contributed by atoms with E-state index in [4.69, 9.17) is 0 Å². The predicted molar refractivity (Wildman–Crippen MR) is 191 cm³/mol. The molecule has 0 saturated heterocycles. The number of hydrogen-bond acceptors (Lipinski definition) is 3. The first kappa shape index (κ1) is 38.3. The van der Waals surface area contributed by atoms with Gasteiger partial charge in [-0.15, -0.1) is 0 Å². The molecule has 0 heterocycles. The maximum absolute atomic E-state index is 13.4. The summed E-state index contributed by atoms with van der Waals surface area (Å²) in [4.78, 5) is 14.4. The number of halogens is 1. The average molecular weight is 627 g/mol. The summed E-state index contributed by atoms with van der Waals surface area (Å²) in [6.07, 6.45) is 27.6. The molecule has 1 atom stereocenters. The number of benzene rings is 1. The van der Waals surface area contributed by atoms with Gasteiger partial charge in [0.25, 0.3) is 5.91 Å². The Labute approximate surface area is 274 Å². The minimum Gasteiger partial charge on any atom is -0.316 e. The van der Waals surface area contributed by atoms with Crippen LogP contribution in [0.4, 0.5) is 4.39 Å². The highest BCUT2D eigenvalue weighted by molar-refractivity contribution is 7.97. The lowest BCUT2D eigenvalue weighted by Crippen LogP contribution is -2.28. The Kier molecular flexibility index (Phi) is 19.7. The molecule has 1 aromatic rings. The van der Waals surface area contributed by atoms with Crippen molar-refractivity contribution in [2.24, 2.45) is 11.8 Å². The molecule has 4 aliphatic carbocycles. The van der Waals surface area contributed by atoms with Crippen LogP contribution in [0.5, 0.6) is 0 Å². The van der Waals surface area contributed by atoms with Gasteiger partial charge in [-0.3, -0.25) is 9.52 Å². The van der Waals surface area contributed by atoms with Gasteiger partial charge in [0.15, 0.2) is 0 Å². The Morgan fingerprint density at radius 1 is 1.02 bits per heavy atom. The molecule has 0 aromatic heterocycles. The monoisotopic (exact) mass is 626 g/mol. The fraction of sp³-hybridized carbons (Fsp3) is 0.667. The minimum atomic E-state index is -0.161. The Morgan fingerprint density at radius 2 is 1.68 bits per heavy atom. The van der Waals surface area contributed by atoms with E-state index in [2.05, 4.69) is 24.3 Å². The fourth-order valence-electron chi connectivity index (χ4n) is 5.19. The SMILES string of the molecule is C1CC(CCC2CC2)C1.C1CCC1.C=CN(CCCCCSN[C@@H](C)c1ccc(F)c(C)c1)C(=O)C1=C(C)CCC=C1.CC. The molecule has 5 heteroatoms. The van der Waals surface area contributed by atoms with Gasteiger partial charge < -0.3 is 4.90 Å². The summed E-state index contributed by atoms with van der Waals surface area (Å²) in [6.45, 7) is 14.4. The van der Waals surface area contributed by atoms with Crippen LogP contribution in [-0.4, -0.2) is 23.1 Å². The zero-order valence-corrected chi connectivity index (χ0v) is 29.6. The van der Waals surface area contributed by atoms with E-state index in [9.17, 15) is 9.18 Å². The number of rotatable bonds is 14. The molecule has 4 aliphatic rings. The summed E-state index contributed by atoms with van der Waals surface area (Å²) in [7, 11) is 0. The van der Waals surface area contributed by atoms with Gasteiger partial charge in [-0.05, 0) is 81.7 Å². The molecule has 5 rings (SSSR count). The van der Waals surface area contributed by atoms with Crippen LogP contribution in [0.15, 0.2) is 54.3 Å². The highest BCUT2D eigenvalue weighted by Crippen LogP contribution is 2.38. The zero-order valence-electron chi connectivity index (χ0n) is 28.8. The van der Waals surface area contributed by atoms with Crippen LogP contribution in [-0.2, 0) is 4.79 Å². The van der Waals surface area contributed by atoms with Crippen molar-refractivity contribution in [3.8, 4) is 0 Å². The molecule has 0 aliphatic heterocycles. The van der Waals surface area contributed by atoms with Crippen molar-refractivity contribution in [2.45, 2.75) is 143 Å². The van der Waals surface area contributed by atoms with Crippen molar-refractivity contribution in [3.05, 3.63) is 71.2 Å². The standard InChI is InChI=1S/C24H33FN2OS.C9H16.C4H8.C2H6/c1-5-27(24(28)22-12-8-7-11-18(22)2)15-9-6-10-16-29-26-20(4)21-13-14-23(25)19(3)17-21;1-2-8(3-1)4-5-9-6-7-9;1-2-4-3-1;1-2/h5,8,12-14,17,20,26H,1,6-7,9-11,15-16H2,2-4H3;8-9H,1-7H2;1-4H2;1-2H3/t20-;;;/m0.../s1. The van der Waals surface area contributed by atoms with Gasteiger partial charge in [0.1, 0.15) is 5.82 Å². The highest BCUT2D eigenvalue weighted by atomic mass is 32.2. The molecular formula is C39H63FN2OS. The van der Waals surface area contributed by atoms with E-state index in [1.54, 1.807) is 68.5 Å². The van der Waals surface area contributed by atoms with Crippen LogP contribution in [0, 0.1) is 24.6 Å². The van der Waals surface area contributed by atoms with Crippen LogP contribution in [0.1, 0.15) is 148 Å². The number of nitrogens with zero attached hydrogens (tertiary/aromatic N) is 1. The first-order valence-corrected chi connectivity index (χ1v) is 18.8. The lowest BCUT2D eigenvalue weighted by molar-refractivity contribution is -0.124. The lowest BCUT2D eigenvalue weighted by Gasteiger charge is -2.24. The van der Waals surface area contributed by atoms with Crippen LogP contribution < -0.4 is 4.72 Å². The van der Waals surface area contributed by atoms with Crippen LogP contribution in [0.3, 0.4) is 0 Å². The van der Waals surface area contributed by atoms with Crippen molar-refractivity contribution in [1.29, 1.82) is 0 Å². The molecule has 1 amide bonds. The Bertz CT molecular complexity index is 1020. The number of unbranched alkanes of at least 4 members (excludes halogenated alkanes) is 2. The second kappa shape index (κ2) is 22.6. The number of allylic oxidation sites excluding steroid dienone is 2. The molecule has 0 spiro atoms. The van der Waals surface area contributed by atoms with Gasteiger partial charge in [-0.1, -0.05) is 139 Å². The summed E-state index contributed by atoms with van der Waals surface area (Å²) >= 11 is 1.70. The smallest absolute Gasteiger partial charge is 0.257 e. The molecule has 3 nitrogen and oxygen atoms in total. The van der Waals surface area contributed by atoms with E-state index in [1.165, 1.54) is 44.1 Å². The molecule has 0 radical (unpaired) electrons. The summed E-state index contributed by atoms with van der Waals surface area (Å²) < 4.78 is 16.8. The second-order valence-corrected chi connectivity index (χ2v) is 13.7. The molecule has 44 heavy (non-hydrogen) atoms. The first-order chi connectivity index (χ1) is 21.4. The van der Waals surface area contributed by atoms with Gasteiger partial charge in [-0.25, -0.2) is 4.39 Å². The van der Waals surface area contributed by atoms with Gasteiger partial charge in [0, 0.05) is 23.9 Å². The van der Waals surface area contributed by atoms with Crippen LogP contribution in [0.2, 0.25) is 0 Å². The lowest BCUT2D eigenvalue weighted by atomic mass is 9.82. The van der Waals surface area contributed by atoms with E-state index in [0.717, 1.165) is 60.5 Å². The Morgan fingerprint density at radius 3 is 2.20 bits per heavy atom. The summed E-state index contributed by atoms with van der Waals surface area (Å²) in [6, 6.07) is 5.43. The largest absolute Gasteiger partial charge is 0.316 e. The normalized spacial score (nSPS) is 17.8. The Balaban J connectivity index is 0.000000361. The van der Waals surface area contributed by atoms with Crippen molar-refractivity contribution >= 4 is 17.9 Å². The maximum atomic E-state index is 13.4. The molecule has 3 saturated carbocycles. The zero-order chi connectivity index (χ0) is 32.2.